The van der Waals surface area contributed by atoms with Gasteiger partial charge in [0.2, 0.25) is 17.4 Å². The van der Waals surface area contributed by atoms with E-state index >= 15 is 0 Å². The lowest BCUT2D eigenvalue weighted by Gasteiger charge is -2.60. The van der Waals surface area contributed by atoms with E-state index in [0.29, 0.717) is 74.6 Å². The first kappa shape index (κ1) is 52.1. The van der Waals surface area contributed by atoms with Crippen LogP contribution in [0, 0.1) is 76.4 Å². The second kappa shape index (κ2) is 19.3. The van der Waals surface area contributed by atoms with Gasteiger partial charge in [0.1, 0.15) is 0 Å². The Labute approximate surface area is 428 Å². The molecule has 0 aromatic carbocycles. The highest BCUT2D eigenvalue weighted by Crippen LogP contribution is 2.64. The van der Waals surface area contributed by atoms with Crippen molar-refractivity contribution in [1.82, 2.24) is 0 Å². The van der Waals surface area contributed by atoms with Crippen molar-refractivity contribution in [3.8, 4) is 0 Å². The number of rotatable bonds is 16. The lowest BCUT2D eigenvalue weighted by Crippen LogP contribution is -2.70. The van der Waals surface area contributed by atoms with Gasteiger partial charge in [0.25, 0.3) is 0 Å². The van der Waals surface area contributed by atoms with Crippen molar-refractivity contribution in [3.05, 3.63) is 0 Å². The van der Waals surface area contributed by atoms with Crippen molar-refractivity contribution in [2.75, 3.05) is 46.2 Å². The zero-order valence-electron chi connectivity index (χ0n) is 45.0. The van der Waals surface area contributed by atoms with E-state index in [1.165, 1.54) is 0 Å². The Morgan fingerprint density at radius 1 is 0.417 bits per heavy atom. The molecule has 3 unspecified atom stereocenters. The molecule has 0 radical (unpaired) electrons. The topological polar surface area (TPSA) is 159 Å². The average Bonchev–Trinajstić information content (AvgIpc) is 3.85. The second-order valence-corrected chi connectivity index (χ2v) is 26.5. The fourth-order valence-corrected chi connectivity index (χ4v) is 17.7. The molecule has 1 N–H and O–H groups in total. The molecule has 12 saturated heterocycles. The third-order valence-corrected chi connectivity index (χ3v) is 22.1. The Morgan fingerprint density at radius 3 is 1.01 bits per heavy atom. The Hall–Kier alpha value is -0.640. The minimum absolute atomic E-state index is 0.0831. The summed E-state index contributed by atoms with van der Waals surface area (Å²) in [5.74, 6) is 1.39. The molecule has 15 aliphatic rings. The third-order valence-electron chi connectivity index (χ3n) is 22.1. The summed E-state index contributed by atoms with van der Waals surface area (Å²) < 4.78 is 60.6. The van der Waals surface area contributed by atoms with Gasteiger partial charge in [-0.3, -0.25) is 0 Å². The van der Waals surface area contributed by atoms with Crippen molar-refractivity contribution in [3.63, 3.8) is 0 Å². The van der Waals surface area contributed by atoms with Gasteiger partial charge >= 0.3 is 0 Å². The van der Waals surface area contributed by atoms with Gasteiger partial charge in [-0.2, -0.15) is 0 Å². The quantitative estimate of drug-likeness (QED) is 0.115. The maximum atomic E-state index is 11.4. The van der Waals surface area contributed by atoms with Crippen LogP contribution in [0.15, 0.2) is 0 Å². The summed E-state index contributed by atoms with van der Waals surface area (Å²) in [5, 5.41) is 11.4. The maximum absolute atomic E-state index is 11.4. The molecule has 6 bridgehead atoms. The van der Waals surface area contributed by atoms with Crippen LogP contribution in [0.2, 0.25) is 0 Å². The molecule has 12 heterocycles. The largest absolute Gasteiger partial charge is 0.396 e. The van der Waals surface area contributed by atoms with E-state index in [9.17, 15) is 5.11 Å². The summed E-state index contributed by atoms with van der Waals surface area (Å²) in [7, 11) is 0. The van der Waals surface area contributed by atoms with Crippen LogP contribution in [0.3, 0.4) is 0 Å². The summed E-state index contributed by atoms with van der Waals surface area (Å²) in [6, 6.07) is 0. The molecule has 0 aromatic rings. The molecule has 410 valence electrons. The first-order valence-corrected chi connectivity index (χ1v) is 28.9. The fraction of sp³-hybridized carbons (Fsp3) is 1.00. The molecule has 3 saturated carbocycles. The van der Waals surface area contributed by atoms with E-state index in [4.69, 9.17) is 72.0 Å². The zero-order chi connectivity index (χ0) is 50.1. The van der Waals surface area contributed by atoms with Gasteiger partial charge in [-0.15, -0.1) is 0 Å². The molecule has 3 aliphatic carbocycles. The number of hydrogen-bond donors (Lipinski definition) is 1. The van der Waals surface area contributed by atoms with Crippen LogP contribution >= 0.6 is 0 Å². The molecule has 16 heteroatoms. The molecule has 0 aromatic heterocycles. The molecule has 72 heavy (non-hydrogen) atoms. The van der Waals surface area contributed by atoms with Gasteiger partial charge in [-0.1, -0.05) is 41.5 Å². The van der Waals surface area contributed by atoms with Gasteiger partial charge in [0, 0.05) is 56.8 Å². The Bertz CT molecular complexity index is 1720. The van der Waals surface area contributed by atoms with Crippen molar-refractivity contribution in [2.24, 2.45) is 76.4 Å². The summed E-state index contributed by atoms with van der Waals surface area (Å²) in [5.41, 5.74) is -2.63. The van der Waals surface area contributed by atoms with Gasteiger partial charge in [-0.05, 0) is 151 Å². The molecule has 15 rings (SSSR count). The molecular weight excluding hydrogens is 929 g/mol. The number of ether oxygens (including phenoxy) is 9. The smallest absolute Gasteiger partial charge is 0.201 e. The standard InChI is InChI=1S/C56H90O16/c1-32-10-13-41-35(4)44(61-47-54(41)38(32)16-22-50(7,64-47)67-70-54)19-25-58-29-53(28-57,30-59-26-20-45-36(5)42-14-11-33(2)39-17-23-51(8)65-48(62-45)55(39,42)71-68-51)31-60-27-21-46-37(6)43-15-12-34(3)40-18-24-52(9)66-49(63-46)56(40,43)72-69-52/h32-49,57H,10-31H2,1-9H3/t32-,33-,34-,35-,36-,37-,38+,39+,40+,41+,42+,43+,44?,45?,46?,47-,48-,49-,50-,51-,52-,53?,54-,55-,56-/m1/s1. The van der Waals surface area contributed by atoms with Crippen LogP contribution in [-0.4, -0.2) is 123 Å². The van der Waals surface area contributed by atoms with Gasteiger partial charge < -0.3 is 47.7 Å². The molecule has 24 atom stereocenters. The van der Waals surface area contributed by atoms with E-state index in [2.05, 4.69) is 41.5 Å². The highest BCUT2D eigenvalue weighted by atomic mass is 17.3. The van der Waals surface area contributed by atoms with Crippen LogP contribution in [-0.2, 0) is 72.0 Å². The van der Waals surface area contributed by atoms with Crippen LogP contribution in [0.4, 0.5) is 0 Å². The average molecular weight is 1020 g/mol. The fourth-order valence-electron chi connectivity index (χ4n) is 17.7. The molecule has 16 nitrogen and oxygen atoms in total. The first-order valence-electron chi connectivity index (χ1n) is 28.9. The van der Waals surface area contributed by atoms with Crippen molar-refractivity contribution >= 4 is 0 Å². The number of hydrogen-bond acceptors (Lipinski definition) is 16. The lowest BCUT2D eigenvalue weighted by molar-refractivity contribution is -0.571. The summed E-state index contributed by atoms with van der Waals surface area (Å²) >= 11 is 0. The zero-order valence-corrected chi connectivity index (χ0v) is 45.0. The summed E-state index contributed by atoms with van der Waals surface area (Å²) in [4.78, 5) is 37.5. The third kappa shape index (κ3) is 8.32. The Kier molecular flexibility index (Phi) is 14.0. The first-order chi connectivity index (χ1) is 34.5. The minimum Gasteiger partial charge on any atom is -0.396 e. The van der Waals surface area contributed by atoms with Gasteiger partial charge in [-0.25, -0.2) is 29.3 Å². The Balaban J connectivity index is 0.705. The molecule has 3 spiro atoms. The monoisotopic (exact) mass is 1020 g/mol. The SMILES string of the molecule is C[C@@H]1CC[C@H]2[C@@H](C)C(CCOCC(CO)(COCCC3O[C@@H]4O[C@@]5(C)CC[C@H]6[C@H](C)CC[C@@H]([C@H]3C)[C@@]46OO5)COCCC3O[C@@H]4O[C@@]5(C)CC[C@H]6[C@H](C)CC[C@@H]([C@H]3C)[C@@]46OO5)O[C@@H]3O[C@@]4(C)CC[C@@H]1[C@]32OO4. The van der Waals surface area contributed by atoms with E-state index < -0.39 is 58.4 Å². The highest BCUT2D eigenvalue weighted by Gasteiger charge is 2.72. The van der Waals surface area contributed by atoms with E-state index in [0.717, 1.165) is 77.0 Å². The molecular formula is C56H90O16. The van der Waals surface area contributed by atoms with E-state index in [1.54, 1.807) is 0 Å². The maximum Gasteiger partial charge on any atom is 0.201 e. The highest BCUT2D eigenvalue weighted by molar-refractivity contribution is 5.13. The number of fused-ring (bicyclic) bond motifs is 6. The predicted molar refractivity (Wildman–Crippen MR) is 256 cm³/mol. The van der Waals surface area contributed by atoms with Crippen molar-refractivity contribution < 1.29 is 77.1 Å². The van der Waals surface area contributed by atoms with E-state index in [1.807, 2.05) is 20.8 Å². The van der Waals surface area contributed by atoms with E-state index in [-0.39, 0.29) is 80.2 Å². The number of aliphatic hydroxyl groups is 1. The lowest BCUT2D eigenvalue weighted by atomic mass is 9.57. The normalized spacial score (nSPS) is 54.9. The van der Waals surface area contributed by atoms with Gasteiger partial charge in [0.05, 0.1) is 50.2 Å². The molecule has 0 amide bonds. The van der Waals surface area contributed by atoms with Crippen LogP contribution in [0.25, 0.3) is 0 Å². The van der Waals surface area contributed by atoms with Crippen LogP contribution in [0.1, 0.15) is 159 Å². The van der Waals surface area contributed by atoms with Crippen LogP contribution in [0.5, 0.6) is 0 Å². The predicted octanol–water partition coefficient (Wildman–Crippen LogP) is 8.94. The van der Waals surface area contributed by atoms with Gasteiger partial charge in [0.15, 0.2) is 35.7 Å². The van der Waals surface area contributed by atoms with Crippen molar-refractivity contribution in [1.29, 1.82) is 0 Å². The molecule has 12 aliphatic heterocycles. The second-order valence-electron chi connectivity index (χ2n) is 26.5. The summed E-state index contributed by atoms with van der Waals surface area (Å²) in [6.45, 7) is 21.8. The number of aliphatic hydroxyl groups excluding tert-OH is 1. The van der Waals surface area contributed by atoms with Crippen molar-refractivity contribution in [2.45, 2.75) is 230 Å². The summed E-state index contributed by atoms with van der Waals surface area (Å²) in [6.07, 6.45) is 12.3. The molecule has 15 fully saturated rings. The minimum atomic E-state index is -0.823. The van der Waals surface area contributed by atoms with Crippen LogP contribution < -0.4 is 0 Å². The Morgan fingerprint density at radius 2 is 0.722 bits per heavy atom.